The molecule has 1 heterocycles. The van der Waals surface area contributed by atoms with Gasteiger partial charge in [-0.05, 0) is 190 Å². The highest BCUT2D eigenvalue weighted by Crippen LogP contribution is 2.69. The van der Waals surface area contributed by atoms with Gasteiger partial charge in [-0.3, -0.25) is 4.79 Å². The van der Waals surface area contributed by atoms with Crippen LogP contribution in [0.5, 0.6) is 0 Å². The largest absolute Gasteiger partial charge is 0.459 e. The molecule has 9 aliphatic rings. The number of fused-ring (bicyclic) bond motifs is 10. The van der Waals surface area contributed by atoms with Crippen molar-refractivity contribution in [3.8, 4) is 0 Å². The number of piperazine rings is 1. The van der Waals surface area contributed by atoms with Gasteiger partial charge in [-0.15, -0.1) is 0 Å². The lowest BCUT2D eigenvalue weighted by molar-refractivity contribution is -0.187. The number of carbonyl (C=O) groups is 3. The fourth-order valence-corrected chi connectivity index (χ4v) is 19.7. The number of likely N-dealkylation sites (N-methyl/N-ethyl adjacent to an activating group) is 1. The van der Waals surface area contributed by atoms with E-state index >= 15 is 0 Å². The summed E-state index contributed by atoms with van der Waals surface area (Å²) in [5.41, 5.74) is 3.97. The Kier molecular flexibility index (Phi) is 17.2. The van der Waals surface area contributed by atoms with E-state index in [4.69, 9.17) is 14.2 Å². The third-order valence-corrected chi connectivity index (χ3v) is 24.0. The van der Waals surface area contributed by atoms with Crippen LogP contribution < -0.4 is 0 Å². The fourth-order valence-electron chi connectivity index (χ4n) is 19.7. The molecule has 0 aromatic carbocycles. The number of hydrogen-bond donors (Lipinski definition) is 0. The van der Waals surface area contributed by atoms with E-state index in [1.165, 1.54) is 101 Å². The van der Waals surface area contributed by atoms with Crippen LogP contribution in [-0.2, 0) is 28.6 Å². The van der Waals surface area contributed by atoms with E-state index in [2.05, 4.69) is 98.2 Å². The predicted molar refractivity (Wildman–Crippen MR) is 294 cm³/mol. The van der Waals surface area contributed by atoms with E-state index in [1.54, 1.807) is 0 Å². The van der Waals surface area contributed by atoms with Gasteiger partial charge < -0.3 is 24.0 Å². The Hall–Kier alpha value is -2.19. The molecular formula is C65H106N2O6. The van der Waals surface area contributed by atoms with Gasteiger partial charge in [0, 0.05) is 45.6 Å². The van der Waals surface area contributed by atoms with Gasteiger partial charge in [0.1, 0.15) is 12.2 Å². The number of rotatable bonds is 18. The summed E-state index contributed by atoms with van der Waals surface area (Å²) < 4.78 is 18.6. The third kappa shape index (κ3) is 11.3. The fraction of sp³-hybridized carbons (Fsp3) is 0.892. The molecule has 0 bridgehead atoms. The van der Waals surface area contributed by atoms with Crippen molar-refractivity contribution < 1.29 is 28.6 Å². The standard InChI is InChI=1S/C65H106N2O6/c1-42(2)14-12-16-44(5)52-22-24-54-50-20-18-46-40-48(26-31-62(46,7)56(50)28-33-64(52,54)9)71-60(69)59(73-58(68)30-35-67-38-36-66(11)37-39-67)61(70)72-49-27-32-63(8)47(41-49)19-21-51-55-25-23-53(45(6)17-13-15-43(3)4)65(55,10)34-29-57(51)63/h18-19,42-45,48-57,59H,12-17,20-41H2,1-11H3/t44-,45-,48+,49+,50+,51+,52-,53-,54+,55+,56+,57+,62+,63+,64-,65-/m1/s1. The Morgan fingerprint density at radius 3 is 1.47 bits per heavy atom. The molecule has 0 radical (unpaired) electrons. The Morgan fingerprint density at radius 2 is 1.03 bits per heavy atom. The van der Waals surface area contributed by atoms with Crippen LogP contribution in [-0.4, -0.2) is 85.8 Å². The van der Waals surface area contributed by atoms with Crippen molar-refractivity contribution >= 4 is 17.9 Å². The molecular weight excluding hydrogens is 905 g/mol. The van der Waals surface area contributed by atoms with E-state index in [9.17, 15) is 14.4 Å². The Bertz CT molecular complexity index is 1880. The summed E-state index contributed by atoms with van der Waals surface area (Å²) in [6, 6.07) is 0. The first-order valence-electron chi connectivity index (χ1n) is 31.1. The lowest BCUT2D eigenvalue weighted by Crippen LogP contribution is -2.51. The van der Waals surface area contributed by atoms with Crippen LogP contribution >= 0.6 is 0 Å². The second-order valence-electron chi connectivity index (χ2n) is 28.9. The van der Waals surface area contributed by atoms with Crippen LogP contribution in [0.1, 0.15) is 217 Å². The van der Waals surface area contributed by atoms with Gasteiger partial charge in [-0.1, -0.05) is 131 Å². The lowest BCUT2D eigenvalue weighted by atomic mass is 9.47. The number of carbonyl (C=O) groups excluding carboxylic acids is 3. The molecule has 8 nitrogen and oxygen atoms in total. The Morgan fingerprint density at radius 1 is 0.575 bits per heavy atom. The lowest BCUT2D eigenvalue weighted by Gasteiger charge is -2.58. The quantitative estimate of drug-likeness (QED) is 0.0581. The van der Waals surface area contributed by atoms with E-state index < -0.39 is 24.0 Å². The SMILES string of the molecule is CC(C)CCC[C@@H](C)[C@H]1CC[C@H]2[C@@H]3CC=C4C[C@@H](OC(=O)C(OC(=O)CCN5CCN(C)CC5)C(=O)O[C@H]5CC[C@@]6(C)C(=CC[C@H]7[C@@H]8CC[C@H]([C@H](C)CCCC(C)C)[C@@]8(C)CC[C@@H]76)C5)CC[C@]4(C)[C@H]3CC[C@]12C. The molecule has 6 saturated carbocycles. The summed E-state index contributed by atoms with van der Waals surface area (Å²) in [6.45, 7) is 29.1. The molecule has 0 amide bonds. The van der Waals surface area contributed by atoms with Gasteiger partial charge in [0.25, 0.3) is 6.10 Å². The van der Waals surface area contributed by atoms with E-state index in [0.29, 0.717) is 42.1 Å². The molecule has 0 unspecified atom stereocenters. The van der Waals surface area contributed by atoms with Crippen molar-refractivity contribution in [2.45, 2.75) is 235 Å². The molecule has 0 aromatic rings. The monoisotopic (exact) mass is 1010 g/mol. The highest BCUT2D eigenvalue weighted by atomic mass is 16.6. The van der Waals surface area contributed by atoms with Gasteiger partial charge in [0.05, 0.1) is 6.42 Å². The summed E-state index contributed by atoms with van der Waals surface area (Å²) in [4.78, 5) is 47.1. The number of nitrogens with zero attached hydrogens (tertiary/aromatic N) is 2. The summed E-state index contributed by atoms with van der Waals surface area (Å²) in [5.74, 6) is 7.13. The molecule has 8 heteroatoms. The highest BCUT2D eigenvalue weighted by Gasteiger charge is 2.61. The van der Waals surface area contributed by atoms with Gasteiger partial charge in [0.2, 0.25) is 0 Å². The number of esters is 3. The molecule has 1 saturated heterocycles. The maximum atomic E-state index is 14.4. The van der Waals surface area contributed by atoms with Gasteiger partial charge >= 0.3 is 17.9 Å². The minimum absolute atomic E-state index is 0.105. The molecule has 0 spiro atoms. The van der Waals surface area contributed by atoms with Gasteiger partial charge in [-0.25, -0.2) is 9.59 Å². The zero-order valence-electron chi connectivity index (χ0n) is 48.5. The van der Waals surface area contributed by atoms with Crippen molar-refractivity contribution in [1.29, 1.82) is 0 Å². The smallest absolute Gasteiger partial charge is 0.359 e. The van der Waals surface area contributed by atoms with Crippen molar-refractivity contribution in [3.05, 3.63) is 23.3 Å². The zero-order valence-corrected chi connectivity index (χ0v) is 48.5. The maximum Gasteiger partial charge on any atom is 0.359 e. The normalized spacial score (nSPS) is 40.7. The molecule has 0 N–H and O–H groups in total. The molecule has 8 aliphatic carbocycles. The van der Waals surface area contributed by atoms with E-state index in [1.807, 2.05) is 0 Å². The average molecular weight is 1010 g/mol. The topological polar surface area (TPSA) is 85.4 Å². The number of hydrogen-bond acceptors (Lipinski definition) is 8. The number of ether oxygens (including phenoxy) is 3. The van der Waals surface area contributed by atoms with Crippen LogP contribution in [0, 0.1) is 92.7 Å². The summed E-state index contributed by atoms with van der Waals surface area (Å²) in [7, 11) is 2.12. The van der Waals surface area contributed by atoms with Crippen LogP contribution in [0.3, 0.4) is 0 Å². The van der Waals surface area contributed by atoms with Gasteiger partial charge in [-0.2, -0.15) is 0 Å². The summed E-state index contributed by atoms with van der Waals surface area (Å²) in [6.07, 6.45) is 28.8. The number of allylic oxidation sites excluding steroid dienone is 2. The zero-order chi connectivity index (χ0) is 52.0. The highest BCUT2D eigenvalue weighted by molar-refractivity contribution is 6.00. The molecule has 16 atom stereocenters. The first kappa shape index (κ1) is 55.6. The predicted octanol–water partition coefficient (Wildman–Crippen LogP) is 14.4. The van der Waals surface area contributed by atoms with E-state index in [0.717, 1.165) is 124 Å². The van der Waals surface area contributed by atoms with Crippen LogP contribution in [0.2, 0.25) is 0 Å². The molecule has 7 fully saturated rings. The first-order chi connectivity index (χ1) is 34.7. The average Bonchev–Trinajstić information content (AvgIpc) is 3.90. The minimum atomic E-state index is -1.71. The Labute approximate surface area is 445 Å². The molecule has 73 heavy (non-hydrogen) atoms. The van der Waals surface area contributed by atoms with Crippen LogP contribution in [0.25, 0.3) is 0 Å². The Balaban J connectivity index is 0.837. The van der Waals surface area contributed by atoms with Crippen molar-refractivity contribution in [2.24, 2.45) is 92.7 Å². The van der Waals surface area contributed by atoms with Crippen LogP contribution in [0.4, 0.5) is 0 Å². The van der Waals surface area contributed by atoms with Crippen LogP contribution in [0.15, 0.2) is 23.3 Å². The third-order valence-electron chi connectivity index (χ3n) is 24.0. The molecule has 1 aliphatic heterocycles. The molecule has 0 aromatic heterocycles. The molecule has 9 rings (SSSR count). The van der Waals surface area contributed by atoms with Crippen molar-refractivity contribution in [1.82, 2.24) is 9.80 Å². The summed E-state index contributed by atoms with van der Waals surface area (Å²) >= 11 is 0. The second-order valence-corrected chi connectivity index (χ2v) is 28.9. The first-order valence-corrected chi connectivity index (χ1v) is 31.1. The van der Waals surface area contributed by atoms with Crippen molar-refractivity contribution in [2.75, 3.05) is 39.8 Å². The van der Waals surface area contributed by atoms with Gasteiger partial charge in [0.15, 0.2) is 0 Å². The van der Waals surface area contributed by atoms with Crippen molar-refractivity contribution in [3.63, 3.8) is 0 Å². The second kappa shape index (κ2) is 22.6. The summed E-state index contributed by atoms with van der Waals surface area (Å²) in [5, 5.41) is 0. The molecule has 412 valence electrons. The maximum absolute atomic E-state index is 14.4. The van der Waals surface area contributed by atoms with E-state index in [-0.39, 0.29) is 29.5 Å². The minimum Gasteiger partial charge on any atom is -0.459 e.